The number of rotatable bonds is 8. The van der Waals surface area contributed by atoms with Crippen LogP contribution in [0, 0.1) is 6.92 Å². The highest BCUT2D eigenvalue weighted by Gasteiger charge is 2.30. The van der Waals surface area contributed by atoms with Gasteiger partial charge in [0.2, 0.25) is 5.95 Å². The van der Waals surface area contributed by atoms with Crippen molar-refractivity contribution in [3.8, 4) is 11.1 Å². The first-order valence-corrected chi connectivity index (χ1v) is 12.2. The Labute approximate surface area is 220 Å². The maximum absolute atomic E-state index is 13.0. The molecule has 0 aliphatic rings. The van der Waals surface area contributed by atoms with Crippen molar-refractivity contribution >= 4 is 28.4 Å². The Morgan fingerprint density at radius 3 is 2.50 bits per heavy atom. The molecule has 0 spiro atoms. The molecule has 4 rings (SSSR count). The van der Waals surface area contributed by atoms with Crippen LogP contribution in [0.2, 0.25) is 0 Å². The number of hydrogen-bond donors (Lipinski definition) is 1. The standard InChI is InChI=1S/C29H30F3N5O/c1-19-9-10-21(27(38)34-24-8-5-7-23(17-24)29(30,31)32)16-25(19)20-11-12-26-22(15-20)18-33-28(35-26)37(4)14-6-13-36(2)3/h5,7-12,15-18H,6,13-14H2,1-4H3,(H,34,38). The van der Waals surface area contributed by atoms with Crippen LogP contribution in [0.5, 0.6) is 0 Å². The number of aromatic nitrogens is 2. The third-order valence-electron chi connectivity index (χ3n) is 6.27. The number of alkyl halides is 3. The minimum Gasteiger partial charge on any atom is -0.344 e. The molecule has 198 valence electrons. The second kappa shape index (κ2) is 11.2. The van der Waals surface area contributed by atoms with E-state index in [4.69, 9.17) is 4.98 Å². The van der Waals surface area contributed by atoms with Crippen LogP contribution in [0.1, 0.15) is 27.9 Å². The Balaban J connectivity index is 1.55. The fourth-order valence-corrected chi connectivity index (χ4v) is 4.15. The highest BCUT2D eigenvalue weighted by molar-refractivity contribution is 6.05. The van der Waals surface area contributed by atoms with Crippen molar-refractivity contribution in [3.63, 3.8) is 0 Å². The second-order valence-corrected chi connectivity index (χ2v) is 9.58. The first-order valence-electron chi connectivity index (χ1n) is 12.2. The third-order valence-corrected chi connectivity index (χ3v) is 6.27. The molecule has 0 radical (unpaired) electrons. The molecule has 0 atom stereocenters. The average Bonchev–Trinajstić information content (AvgIpc) is 2.87. The van der Waals surface area contributed by atoms with Gasteiger partial charge in [-0.1, -0.05) is 18.2 Å². The molecule has 0 bridgehead atoms. The Morgan fingerprint density at radius 2 is 1.76 bits per heavy atom. The Morgan fingerprint density at radius 1 is 0.974 bits per heavy atom. The van der Waals surface area contributed by atoms with E-state index in [1.807, 2.05) is 57.2 Å². The fraction of sp³-hybridized carbons (Fsp3) is 0.276. The zero-order chi connectivity index (χ0) is 27.4. The molecule has 0 aliphatic carbocycles. The predicted molar refractivity (Wildman–Crippen MR) is 146 cm³/mol. The first-order chi connectivity index (χ1) is 18.0. The molecule has 1 heterocycles. The molecule has 9 heteroatoms. The van der Waals surface area contributed by atoms with Crippen LogP contribution in [0.3, 0.4) is 0 Å². The lowest BCUT2D eigenvalue weighted by molar-refractivity contribution is -0.137. The van der Waals surface area contributed by atoms with Crippen molar-refractivity contribution < 1.29 is 18.0 Å². The van der Waals surface area contributed by atoms with Crippen LogP contribution in [0.4, 0.5) is 24.8 Å². The molecule has 0 unspecified atom stereocenters. The Kier molecular flexibility index (Phi) is 7.97. The molecule has 0 saturated heterocycles. The maximum Gasteiger partial charge on any atom is 0.416 e. The highest BCUT2D eigenvalue weighted by Crippen LogP contribution is 2.31. The minimum absolute atomic E-state index is 0.0808. The van der Waals surface area contributed by atoms with Crippen LogP contribution < -0.4 is 10.2 Å². The normalized spacial score (nSPS) is 11.7. The monoisotopic (exact) mass is 521 g/mol. The maximum atomic E-state index is 13.0. The van der Waals surface area contributed by atoms with Gasteiger partial charge in [-0.2, -0.15) is 13.2 Å². The molecule has 4 aromatic rings. The van der Waals surface area contributed by atoms with Gasteiger partial charge < -0.3 is 15.1 Å². The summed E-state index contributed by atoms with van der Waals surface area (Å²) in [4.78, 5) is 26.3. The largest absolute Gasteiger partial charge is 0.416 e. The Bertz CT molecular complexity index is 1450. The summed E-state index contributed by atoms with van der Waals surface area (Å²) in [5, 5.41) is 3.44. The number of carbonyl (C=O) groups excluding carboxylic acids is 1. The summed E-state index contributed by atoms with van der Waals surface area (Å²) in [5.41, 5.74) is 3.10. The number of carbonyl (C=O) groups is 1. The molecule has 6 nitrogen and oxygen atoms in total. The van der Waals surface area contributed by atoms with Crippen LogP contribution in [-0.2, 0) is 6.18 Å². The lowest BCUT2D eigenvalue weighted by atomic mass is 9.97. The zero-order valence-corrected chi connectivity index (χ0v) is 21.8. The van der Waals surface area contributed by atoms with E-state index in [0.29, 0.717) is 11.5 Å². The summed E-state index contributed by atoms with van der Waals surface area (Å²) in [6.07, 6.45) is -1.69. The number of amides is 1. The van der Waals surface area contributed by atoms with E-state index in [2.05, 4.69) is 15.2 Å². The smallest absolute Gasteiger partial charge is 0.344 e. The van der Waals surface area contributed by atoms with Crippen LogP contribution >= 0.6 is 0 Å². The molecule has 0 aliphatic heterocycles. The summed E-state index contributed by atoms with van der Waals surface area (Å²) < 4.78 is 39.1. The summed E-state index contributed by atoms with van der Waals surface area (Å²) >= 11 is 0. The summed E-state index contributed by atoms with van der Waals surface area (Å²) in [5.74, 6) is 0.171. The number of anilines is 2. The third kappa shape index (κ3) is 6.47. The number of fused-ring (bicyclic) bond motifs is 1. The van der Waals surface area contributed by atoms with Crippen molar-refractivity contribution in [2.75, 3.05) is 44.4 Å². The molecular weight excluding hydrogens is 491 g/mol. The molecule has 1 aromatic heterocycles. The van der Waals surface area contributed by atoms with Gasteiger partial charge in [-0.25, -0.2) is 9.97 Å². The van der Waals surface area contributed by atoms with E-state index in [1.54, 1.807) is 18.3 Å². The van der Waals surface area contributed by atoms with E-state index in [-0.39, 0.29) is 5.69 Å². The van der Waals surface area contributed by atoms with Crippen molar-refractivity contribution in [1.82, 2.24) is 14.9 Å². The Hall–Kier alpha value is -3.98. The SMILES string of the molecule is Cc1ccc(C(=O)Nc2cccc(C(F)(F)F)c2)cc1-c1ccc2nc(N(C)CCCN(C)C)ncc2c1. The molecule has 3 aromatic carbocycles. The quantitative estimate of drug-likeness (QED) is 0.296. The number of aryl methyl sites for hydroxylation is 1. The number of nitrogens with one attached hydrogen (secondary N) is 1. The van der Waals surface area contributed by atoms with E-state index in [0.717, 1.165) is 59.2 Å². The molecule has 1 amide bonds. The molecule has 1 N–H and O–H groups in total. The van der Waals surface area contributed by atoms with Gasteiger partial charge in [0.15, 0.2) is 0 Å². The van der Waals surface area contributed by atoms with Gasteiger partial charge >= 0.3 is 6.18 Å². The van der Waals surface area contributed by atoms with E-state index in [1.165, 1.54) is 12.1 Å². The van der Waals surface area contributed by atoms with Crippen molar-refractivity contribution in [3.05, 3.63) is 83.6 Å². The van der Waals surface area contributed by atoms with Gasteiger partial charge in [0, 0.05) is 36.4 Å². The van der Waals surface area contributed by atoms with E-state index < -0.39 is 17.6 Å². The van der Waals surface area contributed by atoms with Gasteiger partial charge in [0.1, 0.15) is 0 Å². The number of hydrogen-bond acceptors (Lipinski definition) is 5. The molecule has 38 heavy (non-hydrogen) atoms. The van der Waals surface area contributed by atoms with Crippen LogP contribution in [-0.4, -0.2) is 55.0 Å². The highest BCUT2D eigenvalue weighted by atomic mass is 19.4. The molecule has 0 fully saturated rings. The summed E-state index contributed by atoms with van der Waals surface area (Å²) in [7, 11) is 6.07. The van der Waals surface area contributed by atoms with Crippen molar-refractivity contribution in [1.29, 1.82) is 0 Å². The lowest BCUT2D eigenvalue weighted by Gasteiger charge is -2.18. The molecule has 0 saturated carbocycles. The van der Waals surface area contributed by atoms with Gasteiger partial charge in [-0.05, 0) is 93.1 Å². The summed E-state index contributed by atoms with van der Waals surface area (Å²) in [6.45, 7) is 3.77. The van der Waals surface area contributed by atoms with Gasteiger partial charge in [0.05, 0.1) is 11.1 Å². The number of halogens is 3. The fourth-order valence-electron chi connectivity index (χ4n) is 4.15. The zero-order valence-electron chi connectivity index (χ0n) is 21.8. The van der Waals surface area contributed by atoms with Gasteiger partial charge in [-0.3, -0.25) is 4.79 Å². The number of nitrogens with zero attached hydrogens (tertiary/aromatic N) is 4. The predicted octanol–water partition coefficient (Wildman–Crippen LogP) is 6.26. The number of benzene rings is 3. The lowest BCUT2D eigenvalue weighted by Crippen LogP contribution is -2.24. The first kappa shape index (κ1) is 27.1. The van der Waals surface area contributed by atoms with E-state index >= 15 is 0 Å². The average molecular weight is 522 g/mol. The van der Waals surface area contributed by atoms with Crippen molar-refractivity contribution in [2.45, 2.75) is 19.5 Å². The second-order valence-electron chi connectivity index (χ2n) is 9.58. The minimum atomic E-state index is -4.49. The van der Waals surface area contributed by atoms with Crippen molar-refractivity contribution in [2.24, 2.45) is 0 Å². The van der Waals surface area contributed by atoms with Crippen LogP contribution in [0.15, 0.2) is 66.9 Å². The van der Waals surface area contributed by atoms with Gasteiger partial charge in [0.25, 0.3) is 5.91 Å². The topological polar surface area (TPSA) is 61.4 Å². The van der Waals surface area contributed by atoms with E-state index in [9.17, 15) is 18.0 Å². The summed E-state index contributed by atoms with van der Waals surface area (Å²) in [6, 6.07) is 15.7. The van der Waals surface area contributed by atoms with Crippen LogP contribution in [0.25, 0.3) is 22.0 Å². The molecular formula is C29H30F3N5O. The van der Waals surface area contributed by atoms with Gasteiger partial charge in [-0.15, -0.1) is 0 Å².